The summed E-state index contributed by atoms with van der Waals surface area (Å²) in [5.74, 6) is 0. The molecule has 146 valence electrons. The standard InChI is InChI=1S/C16H14ClN5O5S/c17-15-8-12(5-4-11(15)10-18)21-16(23)19-6-7-20-28(26,27)14-3-1-2-13(9-14)22(24)25/h1-5,8-9,20H,6-7H2,(H2,19,21,23). The van der Waals surface area contributed by atoms with Gasteiger partial charge in [0.05, 0.1) is 20.4 Å². The Morgan fingerprint density at radius 1 is 1.21 bits per heavy atom. The Kier molecular flexibility index (Phi) is 6.89. The van der Waals surface area contributed by atoms with Crippen LogP contribution in [0.3, 0.4) is 0 Å². The molecule has 0 bridgehead atoms. The molecule has 0 fully saturated rings. The lowest BCUT2D eigenvalue weighted by atomic mass is 10.2. The van der Waals surface area contributed by atoms with Crippen LogP contribution in [0.2, 0.25) is 5.02 Å². The van der Waals surface area contributed by atoms with Crippen molar-refractivity contribution in [3.63, 3.8) is 0 Å². The fraction of sp³-hybridized carbons (Fsp3) is 0.125. The maximum Gasteiger partial charge on any atom is 0.319 e. The highest BCUT2D eigenvalue weighted by Gasteiger charge is 2.17. The number of nitrogens with zero attached hydrogens (tertiary/aromatic N) is 2. The van der Waals surface area contributed by atoms with E-state index in [0.717, 1.165) is 6.07 Å². The van der Waals surface area contributed by atoms with Crippen LogP contribution in [0.15, 0.2) is 47.4 Å². The van der Waals surface area contributed by atoms with Crippen LogP contribution < -0.4 is 15.4 Å². The van der Waals surface area contributed by atoms with Crippen molar-refractivity contribution >= 4 is 39.0 Å². The van der Waals surface area contributed by atoms with Crippen molar-refractivity contribution in [2.75, 3.05) is 18.4 Å². The topological polar surface area (TPSA) is 154 Å². The molecule has 2 aromatic carbocycles. The summed E-state index contributed by atoms with van der Waals surface area (Å²) >= 11 is 5.87. The Bertz CT molecular complexity index is 1050. The van der Waals surface area contributed by atoms with Crippen LogP contribution in [0.1, 0.15) is 5.56 Å². The molecule has 0 unspecified atom stereocenters. The van der Waals surface area contributed by atoms with Crippen LogP contribution in [0.5, 0.6) is 0 Å². The summed E-state index contributed by atoms with van der Waals surface area (Å²) < 4.78 is 26.5. The third-order valence-electron chi connectivity index (χ3n) is 3.39. The molecule has 0 aliphatic carbocycles. The van der Waals surface area contributed by atoms with E-state index >= 15 is 0 Å². The highest BCUT2D eigenvalue weighted by molar-refractivity contribution is 7.89. The number of carbonyl (C=O) groups is 1. The molecule has 3 N–H and O–H groups in total. The summed E-state index contributed by atoms with van der Waals surface area (Å²) in [4.78, 5) is 21.6. The van der Waals surface area contributed by atoms with E-state index in [1.807, 2.05) is 6.07 Å². The molecule has 2 rings (SSSR count). The van der Waals surface area contributed by atoms with Gasteiger partial charge in [-0.2, -0.15) is 5.26 Å². The second-order valence-electron chi connectivity index (χ2n) is 5.34. The molecular weight excluding hydrogens is 410 g/mol. The molecule has 0 aliphatic rings. The number of nitriles is 1. The summed E-state index contributed by atoms with van der Waals surface area (Å²) in [5, 5.41) is 24.6. The van der Waals surface area contributed by atoms with Gasteiger partial charge in [0.25, 0.3) is 5.69 Å². The third-order valence-corrected chi connectivity index (χ3v) is 5.16. The number of halogens is 1. The lowest BCUT2D eigenvalue weighted by Crippen LogP contribution is -2.36. The fourth-order valence-electron chi connectivity index (χ4n) is 2.07. The predicted octanol–water partition coefficient (Wildman–Crippen LogP) is 2.22. The van der Waals surface area contributed by atoms with Gasteiger partial charge in [0.15, 0.2) is 0 Å². The number of urea groups is 1. The maximum atomic E-state index is 12.1. The molecule has 2 aromatic rings. The lowest BCUT2D eigenvalue weighted by molar-refractivity contribution is -0.385. The fourth-order valence-corrected chi connectivity index (χ4v) is 3.36. The minimum atomic E-state index is -3.96. The van der Waals surface area contributed by atoms with Crippen molar-refractivity contribution in [3.05, 3.63) is 63.2 Å². The molecule has 10 nitrogen and oxygen atoms in total. The molecule has 0 saturated heterocycles. The number of rotatable bonds is 7. The Morgan fingerprint density at radius 3 is 2.61 bits per heavy atom. The van der Waals surface area contributed by atoms with E-state index in [9.17, 15) is 23.3 Å². The Labute approximate surface area is 165 Å². The van der Waals surface area contributed by atoms with Gasteiger partial charge >= 0.3 is 6.03 Å². The van der Waals surface area contributed by atoms with Crippen LogP contribution in [-0.2, 0) is 10.0 Å². The van der Waals surface area contributed by atoms with Gasteiger partial charge in [0.1, 0.15) is 6.07 Å². The van der Waals surface area contributed by atoms with E-state index in [0.29, 0.717) is 5.69 Å². The van der Waals surface area contributed by atoms with Crippen molar-refractivity contribution in [1.82, 2.24) is 10.0 Å². The molecule has 0 spiro atoms. The first-order chi connectivity index (χ1) is 13.2. The van der Waals surface area contributed by atoms with Crippen molar-refractivity contribution in [2.24, 2.45) is 0 Å². The van der Waals surface area contributed by atoms with E-state index in [1.165, 1.54) is 36.4 Å². The number of non-ortho nitro benzene ring substituents is 1. The summed E-state index contributed by atoms with van der Waals surface area (Å²) in [7, 11) is -3.96. The average Bonchev–Trinajstić information content (AvgIpc) is 2.65. The van der Waals surface area contributed by atoms with Crippen molar-refractivity contribution in [2.45, 2.75) is 4.90 Å². The number of nitro groups is 1. The smallest absolute Gasteiger partial charge is 0.319 e. The minimum Gasteiger partial charge on any atom is -0.337 e. The zero-order valence-corrected chi connectivity index (χ0v) is 15.7. The molecule has 0 aliphatic heterocycles. The predicted molar refractivity (Wildman–Crippen MR) is 101 cm³/mol. The largest absolute Gasteiger partial charge is 0.337 e. The minimum absolute atomic E-state index is 0.0377. The van der Waals surface area contributed by atoms with Crippen LogP contribution >= 0.6 is 11.6 Å². The SMILES string of the molecule is N#Cc1ccc(NC(=O)NCCNS(=O)(=O)c2cccc([N+](=O)[O-])c2)cc1Cl. The normalized spacial score (nSPS) is 10.7. The van der Waals surface area contributed by atoms with Gasteiger partial charge in [0, 0.05) is 30.9 Å². The van der Waals surface area contributed by atoms with E-state index in [2.05, 4.69) is 15.4 Å². The van der Waals surface area contributed by atoms with Gasteiger partial charge in [-0.3, -0.25) is 10.1 Å². The Hall–Kier alpha value is -3.20. The number of carbonyl (C=O) groups excluding carboxylic acids is 1. The zero-order valence-electron chi connectivity index (χ0n) is 14.2. The number of amides is 2. The lowest BCUT2D eigenvalue weighted by Gasteiger charge is -2.09. The van der Waals surface area contributed by atoms with Crippen molar-refractivity contribution < 1.29 is 18.1 Å². The van der Waals surface area contributed by atoms with Gasteiger partial charge in [-0.25, -0.2) is 17.9 Å². The first-order valence-corrected chi connectivity index (χ1v) is 9.57. The molecule has 0 heterocycles. The average molecular weight is 424 g/mol. The highest BCUT2D eigenvalue weighted by atomic mass is 35.5. The van der Waals surface area contributed by atoms with Crippen LogP contribution in [0, 0.1) is 21.4 Å². The van der Waals surface area contributed by atoms with Gasteiger partial charge in [0.2, 0.25) is 10.0 Å². The van der Waals surface area contributed by atoms with Gasteiger partial charge in [-0.15, -0.1) is 0 Å². The molecule has 0 aromatic heterocycles. The molecule has 2 amide bonds. The van der Waals surface area contributed by atoms with Gasteiger partial charge in [-0.1, -0.05) is 17.7 Å². The molecule has 0 saturated carbocycles. The molecule has 0 atom stereocenters. The summed E-state index contributed by atoms with van der Waals surface area (Å²) in [6, 6.07) is 10.3. The van der Waals surface area contributed by atoms with Crippen LogP contribution in [0.25, 0.3) is 0 Å². The number of hydrogen-bond acceptors (Lipinski definition) is 6. The number of anilines is 1. The van der Waals surface area contributed by atoms with E-state index in [1.54, 1.807) is 0 Å². The van der Waals surface area contributed by atoms with Gasteiger partial charge in [-0.05, 0) is 24.3 Å². The molecule has 28 heavy (non-hydrogen) atoms. The first kappa shape index (κ1) is 21.1. The zero-order chi connectivity index (χ0) is 20.7. The Morgan fingerprint density at radius 2 is 1.96 bits per heavy atom. The first-order valence-electron chi connectivity index (χ1n) is 7.71. The number of nitrogens with one attached hydrogen (secondary N) is 3. The van der Waals surface area contributed by atoms with Crippen molar-refractivity contribution in [1.29, 1.82) is 5.26 Å². The number of hydrogen-bond donors (Lipinski definition) is 3. The van der Waals surface area contributed by atoms with Gasteiger partial charge < -0.3 is 10.6 Å². The van der Waals surface area contributed by atoms with Crippen molar-refractivity contribution in [3.8, 4) is 6.07 Å². The van der Waals surface area contributed by atoms with E-state index in [-0.39, 0.29) is 34.3 Å². The van der Waals surface area contributed by atoms with E-state index in [4.69, 9.17) is 16.9 Å². The third kappa shape index (κ3) is 5.65. The maximum absolute atomic E-state index is 12.1. The highest BCUT2D eigenvalue weighted by Crippen LogP contribution is 2.20. The number of sulfonamides is 1. The van der Waals surface area contributed by atoms with Crippen LogP contribution in [-0.4, -0.2) is 32.5 Å². The molecule has 0 radical (unpaired) electrons. The molecular formula is C16H14ClN5O5S. The number of nitro benzene ring substituents is 1. The summed E-state index contributed by atoms with van der Waals surface area (Å²) in [5.41, 5.74) is 0.281. The number of benzene rings is 2. The Balaban J connectivity index is 1.85. The monoisotopic (exact) mass is 423 g/mol. The summed E-state index contributed by atoms with van der Waals surface area (Å²) in [6.07, 6.45) is 0. The molecule has 12 heteroatoms. The second-order valence-corrected chi connectivity index (χ2v) is 7.51. The quantitative estimate of drug-likeness (QED) is 0.352. The van der Waals surface area contributed by atoms with E-state index < -0.39 is 21.0 Å². The summed E-state index contributed by atoms with van der Waals surface area (Å²) in [6.45, 7) is -0.170. The van der Waals surface area contributed by atoms with Crippen LogP contribution in [0.4, 0.5) is 16.2 Å². The second kappa shape index (κ2) is 9.14.